The van der Waals surface area contributed by atoms with Crippen LogP contribution in [0.3, 0.4) is 0 Å². The van der Waals surface area contributed by atoms with E-state index in [1.165, 1.54) is 24.9 Å². The van der Waals surface area contributed by atoms with Gasteiger partial charge in [-0.2, -0.15) is 0 Å². The first-order valence-electron chi connectivity index (χ1n) is 9.24. The Balaban J connectivity index is 1.41. The van der Waals surface area contributed by atoms with Gasteiger partial charge in [0.2, 0.25) is 0 Å². The quantitative estimate of drug-likeness (QED) is 0.858. The molecule has 132 valence electrons. The molecule has 0 bridgehead atoms. The van der Waals surface area contributed by atoms with Crippen LogP contribution in [-0.2, 0) is 0 Å². The number of rotatable bonds is 4. The zero-order valence-corrected chi connectivity index (χ0v) is 14.8. The van der Waals surface area contributed by atoms with E-state index in [9.17, 15) is 4.79 Å². The molecule has 1 aliphatic heterocycles. The van der Waals surface area contributed by atoms with Gasteiger partial charge in [-0.05, 0) is 38.6 Å². The second kappa shape index (κ2) is 7.00. The predicted molar refractivity (Wildman–Crippen MR) is 96.4 cm³/mol. The molecule has 1 aromatic carbocycles. The Labute approximate surface area is 148 Å². The fraction of sp³-hybridized carbons (Fsp3) is 0.500. The van der Waals surface area contributed by atoms with Gasteiger partial charge in [0.05, 0.1) is 0 Å². The van der Waals surface area contributed by atoms with Crippen LogP contribution < -0.4 is 0 Å². The second-order valence-electron chi connectivity index (χ2n) is 7.33. The maximum atomic E-state index is 12.8. The Hall–Kier alpha value is -2.14. The Morgan fingerprint density at radius 3 is 2.72 bits per heavy atom. The molecule has 2 fully saturated rings. The van der Waals surface area contributed by atoms with Crippen LogP contribution >= 0.6 is 0 Å². The summed E-state index contributed by atoms with van der Waals surface area (Å²) in [4.78, 5) is 17.2. The zero-order valence-electron chi connectivity index (χ0n) is 14.8. The van der Waals surface area contributed by atoms with Crippen LogP contribution in [0.2, 0.25) is 0 Å². The molecule has 0 unspecified atom stereocenters. The van der Waals surface area contributed by atoms with Crippen LogP contribution in [0, 0.1) is 12.8 Å². The summed E-state index contributed by atoms with van der Waals surface area (Å²) in [6, 6.07) is 9.81. The number of nitrogens with zero attached hydrogens (tertiary/aromatic N) is 3. The molecule has 2 aromatic rings. The average Bonchev–Trinajstić information content (AvgIpc) is 3.35. The minimum absolute atomic E-state index is 0.0182. The lowest BCUT2D eigenvalue weighted by Gasteiger charge is -2.21. The summed E-state index contributed by atoms with van der Waals surface area (Å²) < 4.78 is 5.41. The van der Waals surface area contributed by atoms with Crippen LogP contribution in [0.25, 0.3) is 11.3 Å². The van der Waals surface area contributed by atoms with E-state index in [-0.39, 0.29) is 5.91 Å². The fourth-order valence-electron chi connectivity index (χ4n) is 3.41. The minimum Gasteiger partial charge on any atom is -0.355 e. The van der Waals surface area contributed by atoms with Crippen molar-refractivity contribution in [1.82, 2.24) is 15.0 Å². The van der Waals surface area contributed by atoms with E-state index in [0.717, 1.165) is 44.1 Å². The molecule has 1 saturated heterocycles. The highest BCUT2D eigenvalue weighted by Crippen LogP contribution is 2.30. The largest absolute Gasteiger partial charge is 0.355 e. The molecule has 0 atom stereocenters. The van der Waals surface area contributed by atoms with Crippen molar-refractivity contribution in [3.8, 4) is 11.3 Å². The van der Waals surface area contributed by atoms with Gasteiger partial charge in [-0.25, -0.2) is 0 Å². The minimum atomic E-state index is -0.0182. The first-order chi connectivity index (χ1) is 12.2. The van der Waals surface area contributed by atoms with E-state index >= 15 is 0 Å². The highest BCUT2D eigenvalue weighted by atomic mass is 16.5. The monoisotopic (exact) mass is 339 g/mol. The molecular weight excluding hydrogens is 314 g/mol. The number of hydrogen-bond acceptors (Lipinski definition) is 4. The highest BCUT2D eigenvalue weighted by Gasteiger charge is 2.27. The molecule has 2 aliphatic rings. The number of amides is 1. The summed E-state index contributed by atoms with van der Waals surface area (Å²) in [5.41, 5.74) is 2.55. The fourth-order valence-corrected chi connectivity index (χ4v) is 3.41. The Morgan fingerprint density at radius 1 is 1.16 bits per heavy atom. The van der Waals surface area contributed by atoms with Crippen LogP contribution in [-0.4, -0.2) is 53.6 Å². The lowest BCUT2D eigenvalue weighted by molar-refractivity contribution is 0.0751. The highest BCUT2D eigenvalue weighted by molar-refractivity contribution is 5.93. The molecule has 0 radical (unpaired) electrons. The van der Waals surface area contributed by atoms with Gasteiger partial charge >= 0.3 is 0 Å². The third kappa shape index (κ3) is 3.93. The summed E-state index contributed by atoms with van der Waals surface area (Å²) in [6.07, 6.45) is 3.78. The van der Waals surface area contributed by atoms with Crippen molar-refractivity contribution < 1.29 is 9.32 Å². The van der Waals surface area contributed by atoms with Crippen LogP contribution in [0.15, 0.2) is 34.9 Å². The van der Waals surface area contributed by atoms with E-state index in [2.05, 4.69) is 10.1 Å². The standard InChI is InChI=1S/C20H25N3O2/c1-15-3-7-17(8-4-15)19-13-18(21-25-19)20(24)23-10-2-9-22(11-12-23)14-16-5-6-16/h3-4,7-8,13,16H,2,5-6,9-12,14H2,1H3. The van der Waals surface area contributed by atoms with Gasteiger partial charge in [-0.1, -0.05) is 35.0 Å². The molecule has 1 amide bonds. The van der Waals surface area contributed by atoms with Crippen molar-refractivity contribution in [3.05, 3.63) is 41.6 Å². The molecule has 0 N–H and O–H groups in total. The number of hydrogen-bond donors (Lipinski definition) is 0. The van der Waals surface area contributed by atoms with Gasteiger partial charge in [0.25, 0.3) is 5.91 Å². The molecule has 1 saturated carbocycles. The average molecular weight is 339 g/mol. The molecule has 0 spiro atoms. The lowest BCUT2D eigenvalue weighted by atomic mass is 10.1. The SMILES string of the molecule is Cc1ccc(-c2cc(C(=O)N3CCCN(CC4CC4)CC3)no2)cc1. The topological polar surface area (TPSA) is 49.6 Å². The number of carbonyl (C=O) groups excluding carboxylic acids is 1. The lowest BCUT2D eigenvalue weighted by Crippen LogP contribution is -2.35. The third-order valence-corrected chi connectivity index (χ3v) is 5.15. The number of benzene rings is 1. The van der Waals surface area contributed by atoms with Crippen molar-refractivity contribution in [2.75, 3.05) is 32.7 Å². The summed E-state index contributed by atoms with van der Waals surface area (Å²) >= 11 is 0. The number of aromatic nitrogens is 1. The van der Waals surface area contributed by atoms with E-state index < -0.39 is 0 Å². The molecule has 1 aromatic heterocycles. The Morgan fingerprint density at radius 2 is 1.96 bits per heavy atom. The summed E-state index contributed by atoms with van der Waals surface area (Å²) in [5, 5.41) is 4.02. The molecule has 5 heteroatoms. The summed E-state index contributed by atoms with van der Waals surface area (Å²) in [6.45, 7) is 6.87. The van der Waals surface area contributed by atoms with Crippen molar-refractivity contribution in [2.45, 2.75) is 26.2 Å². The third-order valence-electron chi connectivity index (χ3n) is 5.15. The zero-order chi connectivity index (χ0) is 17.2. The maximum absolute atomic E-state index is 12.8. The maximum Gasteiger partial charge on any atom is 0.276 e. The van der Waals surface area contributed by atoms with Gasteiger partial charge in [0.1, 0.15) is 0 Å². The molecule has 1 aliphatic carbocycles. The van der Waals surface area contributed by atoms with Crippen LogP contribution in [0.5, 0.6) is 0 Å². The van der Waals surface area contributed by atoms with E-state index in [4.69, 9.17) is 4.52 Å². The molecular formula is C20H25N3O2. The van der Waals surface area contributed by atoms with Gasteiger partial charge in [0.15, 0.2) is 11.5 Å². The van der Waals surface area contributed by atoms with Gasteiger partial charge < -0.3 is 14.3 Å². The van der Waals surface area contributed by atoms with E-state index in [1.807, 2.05) is 36.1 Å². The molecule has 5 nitrogen and oxygen atoms in total. The van der Waals surface area contributed by atoms with E-state index in [0.29, 0.717) is 11.5 Å². The van der Waals surface area contributed by atoms with E-state index in [1.54, 1.807) is 6.07 Å². The molecule has 4 rings (SSSR count). The smallest absolute Gasteiger partial charge is 0.276 e. The summed E-state index contributed by atoms with van der Waals surface area (Å²) in [5.74, 6) is 1.53. The van der Waals surface area contributed by atoms with Gasteiger partial charge in [-0.3, -0.25) is 4.79 Å². The second-order valence-corrected chi connectivity index (χ2v) is 7.33. The number of carbonyl (C=O) groups is 1. The number of aryl methyl sites for hydroxylation is 1. The van der Waals surface area contributed by atoms with Crippen molar-refractivity contribution >= 4 is 5.91 Å². The van der Waals surface area contributed by atoms with Gasteiger partial charge in [0, 0.05) is 37.8 Å². The molecule has 25 heavy (non-hydrogen) atoms. The normalized spacial score (nSPS) is 19.0. The molecule has 2 heterocycles. The first kappa shape index (κ1) is 16.3. The van der Waals surface area contributed by atoms with Crippen LogP contribution in [0.4, 0.5) is 0 Å². The van der Waals surface area contributed by atoms with Crippen molar-refractivity contribution in [1.29, 1.82) is 0 Å². The van der Waals surface area contributed by atoms with Gasteiger partial charge in [-0.15, -0.1) is 0 Å². The van der Waals surface area contributed by atoms with Crippen molar-refractivity contribution in [3.63, 3.8) is 0 Å². The summed E-state index contributed by atoms with van der Waals surface area (Å²) in [7, 11) is 0. The Kier molecular flexibility index (Phi) is 4.57. The van der Waals surface area contributed by atoms with Crippen molar-refractivity contribution in [2.24, 2.45) is 5.92 Å². The first-order valence-corrected chi connectivity index (χ1v) is 9.24. The Bertz CT molecular complexity index is 734. The predicted octanol–water partition coefficient (Wildman–Crippen LogP) is 3.21. The van der Waals surface area contributed by atoms with Crippen LogP contribution in [0.1, 0.15) is 35.3 Å².